The predicted molar refractivity (Wildman–Crippen MR) is 97.8 cm³/mol. The summed E-state index contributed by atoms with van der Waals surface area (Å²) in [7, 11) is 3.96. The molecule has 0 atom stereocenters. The Morgan fingerprint density at radius 3 is 2.35 bits per heavy atom. The summed E-state index contributed by atoms with van der Waals surface area (Å²) in [5, 5.41) is 2.72. The number of aryl methyl sites for hydroxylation is 1. The molecule has 0 fully saturated rings. The summed E-state index contributed by atoms with van der Waals surface area (Å²) >= 11 is 0. The minimum Gasteiger partial charge on any atom is -0.444 e. The fourth-order valence-corrected chi connectivity index (χ4v) is 1.60. The maximum Gasteiger partial charge on any atom is 0.412 e. The average molecular weight is 318 g/mol. The molecule has 1 N–H and O–H groups in total. The Morgan fingerprint density at radius 1 is 1.26 bits per heavy atom. The van der Waals surface area contributed by atoms with E-state index in [9.17, 15) is 4.79 Å². The van der Waals surface area contributed by atoms with Crippen molar-refractivity contribution in [1.29, 1.82) is 0 Å². The number of carbonyl (C=O) groups is 1. The number of benzene rings is 1. The van der Waals surface area contributed by atoms with E-state index >= 15 is 0 Å². The van der Waals surface area contributed by atoms with Crippen LogP contribution in [0.1, 0.15) is 45.7 Å². The molecule has 0 aromatic heterocycles. The number of ether oxygens (including phenoxy) is 1. The lowest BCUT2D eigenvalue weighted by molar-refractivity contribution is 0.0636. The van der Waals surface area contributed by atoms with E-state index in [4.69, 9.17) is 4.74 Å². The van der Waals surface area contributed by atoms with Crippen molar-refractivity contribution in [2.45, 2.75) is 47.1 Å². The Balaban J connectivity index is 0.00000232. The fraction of sp³-hybridized carbons (Fsp3) is 0.526. The van der Waals surface area contributed by atoms with Crippen LogP contribution in [-0.2, 0) is 4.74 Å². The van der Waals surface area contributed by atoms with Gasteiger partial charge in [-0.15, -0.1) is 0 Å². The van der Waals surface area contributed by atoms with Crippen molar-refractivity contribution in [1.82, 2.24) is 4.90 Å². The van der Waals surface area contributed by atoms with Gasteiger partial charge in [0.15, 0.2) is 0 Å². The second-order valence-corrected chi connectivity index (χ2v) is 6.20. The molecule has 0 unspecified atom stereocenters. The molecule has 1 aromatic carbocycles. The molecule has 1 amide bonds. The van der Waals surface area contributed by atoms with E-state index in [-0.39, 0.29) is 0 Å². The van der Waals surface area contributed by atoms with Crippen LogP contribution in [0, 0.1) is 18.8 Å². The molecular weight excluding hydrogens is 288 g/mol. The topological polar surface area (TPSA) is 41.6 Å². The minimum absolute atomic E-state index is 0.451. The molecule has 0 saturated heterocycles. The van der Waals surface area contributed by atoms with Gasteiger partial charge in [0.2, 0.25) is 0 Å². The first-order chi connectivity index (χ1) is 10.7. The molecule has 128 valence electrons. The largest absolute Gasteiger partial charge is 0.444 e. The van der Waals surface area contributed by atoms with Crippen LogP contribution in [0.4, 0.5) is 10.5 Å². The molecule has 0 spiro atoms. The van der Waals surface area contributed by atoms with Gasteiger partial charge in [0.25, 0.3) is 0 Å². The van der Waals surface area contributed by atoms with Crippen LogP contribution < -0.4 is 5.32 Å². The van der Waals surface area contributed by atoms with Crippen molar-refractivity contribution in [2.24, 2.45) is 0 Å². The van der Waals surface area contributed by atoms with Crippen molar-refractivity contribution in [2.75, 3.05) is 26.0 Å². The van der Waals surface area contributed by atoms with Crippen molar-refractivity contribution < 1.29 is 9.53 Å². The van der Waals surface area contributed by atoms with E-state index in [1.54, 1.807) is 0 Å². The number of carbonyl (C=O) groups excluding carboxylic acids is 1. The van der Waals surface area contributed by atoms with Gasteiger partial charge < -0.3 is 4.74 Å². The SMILES string of the molecule is CC.Cc1cc(NC(=O)OC(C)(C)C)ccc1C#CCN(C)C. The summed E-state index contributed by atoms with van der Waals surface area (Å²) in [5.41, 5.74) is 2.19. The summed E-state index contributed by atoms with van der Waals surface area (Å²) < 4.78 is 5.22. The second kappa shape index (κ2) is 9.91. The molecule has 1 aromatic rings. The van der Waals surface area contributed by atoms with Gasteiger partial charge in [-0.3, -0.25) is 10.2 Å². The number of nitrogens with one attached hydrogen (secondary N) is 1. The van der Waals surface area contributed by atoms with Gasteiger partial charge >= 0.3 is 6.09 Å². The van der Waals surface area contributed by atoms with E-state index < -0.39 is 11.7 Å². The lowest BCUT2D eigenvalue weighted by Gasteiger charge is -2.19. The van der Waals surface area contributed by atoms with Crippen molar-refractivity contribution in [3.05, 3.63) is 29.3 Å². The first-order valence-electron chi connectivity index (χ1n) is 7.91. The standard InChI is InChI=1S/C17H24N2O2.C2H6/c1-13-12-15(18-16(20)21-17(2,3)4)10-9-14(13)8-7-11-19(5)6;1-2/h9-10,12H,11H2,1-6H3,(H,18,20);1-2H3. The van der Waals surface area contributed by atoms with E-state index in [0.717, 1.165) is 17.7 Å². The van der Waals surface area contributed by atoms with Gasteiger partial charge in [0.1, 0.15) is 5.60 Å². The van der Waals surface area contributed by atoms with Crippen LogP contribution in [-0.4, -0.2) is 37.2 Å². The van der Waals surface area contributed by atoms with Crippen molar-refractivity contribution >= 4 is 11.8 Å². The van der Waals surface area contributed by atoms with Gasteiger partial charge in [-0.05, 0) is 65.6 Å². The zero-order valence-corrected chi connectivity index (χ0v) is 15.7. The third-order valence-corrected chi connectivity index (χ3v) is 2.49. The summed E-state index contributed by atoms with van der Waals surface area (Å²) in [6.07, 6.45) is -0.451. The van der Waals surface area contributed by atoms with Crippen LogP contribution in [0.25, 0.3) is 0 Å². The summed E-state index contributed by atoms with van der Waals surface area (Å²) in [6, 6.07) is 5.63. The molecule has 4 heteroatoms. The maximum absolute atomic E-state index is 11.7. The van der Waals surface area contributed by atoms with Gasteiger partial charge in [-0.1, -0.05) is 25.7 Å². The molecular formula is C19H30N2O2. The summed E-state index contributed by atoms with van der Waals surface area (Å²) in [6.45, 7) is 12.2. The number of amides is 1. The lowest BCUT2D eigenvalue weighted by atomic mass is 10.1. The summed E-state index contributed by atoms with van der Waals surface area (Å²) in [5.74, 6) is 6.22. The Kier molecular flexibility index (Phi) is 9.05. The van der Waals surface area contributed by atoms with E-state index in [1.165, 1.54) is 0 Å². The Labute approximate surface area is 141 Å². The van der Waals surface area contributed by atoms with Gasteiger partial charge in [0, 0.05) is 11.3 Å². The predicted octanol–water partition coefficient (Wildman–Crippen LogP) is 4.28. The molecule has 23 heavy (non-hydrogen) atoms. The Hall–Kier alpha value is -1.99. The van der Waals surface area contributed by atoms with Gasteiger partial charge in [-0.25, -0.2) is 4.79 Å². The normalized spacial score (nSPS) is 10.1. The maximum atomic E-state index is 11.7. The molecule has 0 aliphatic carbocycles. The highest BCUT2D eigenvalue weighted by Gasteiger charge is 2.16. The number of hydrogen-bond acceptors (Lipinski definition) is 3. The van der Waals surface area contributed by atoms with Crippen LogP contribution in [0.3, 0.4) is 0 Å². The first kappa shape index (κ1) is 21.0. The molecule has 4 nitrogen and oxygen atoms in total. The molecule has 0 aliphatic rings. The number of nitrogens with zero attached hydrogens (tertiary/aromatic N) is 1. The Morgan fingerprint density at radius 2 is 1.87 bits per heavy atom. The van der Waals surface area contributed by atoms with E-state index in [2.05, 4.69) is 17.2 Å². The molecule has 1 rings (SSSR count). The number of hydrogen-bond donors (Lipinski definition) is 1. The molecule has 0 bridgehead atoms. The smallest absolute Gasteiger partial charge is 0.412 e. The van der Waals surface area contributed by atoms with Gasteiger partial charge in [0.05, 0.1) is 6.54 Å². The van der Waals surface area contributed by atoms with Crippen LogP contribution in [0.15, 0.2) is 18.2 Å². The highest BCUT2D eigenvalue weighted by Crippen LogP contribution is 2.16. The highest BCUT2D eigenvalue weighted by atomic mass is 16.6. The van der Waals surface area contributed by atoms with Crippen LogP contribution >= 0.6 is 0 Å². The van der Waals surface area contributed by atoms with Gasteiger partial charge in [-0.2, -0.15) is 0 Å². The van der Waals surface area contributed by atoms with Crippen molar-refractivity contribution in [3.63, 3.8) is 0 Å². The molecule has 0 aliphatic heterocycles. The average Bonchev–Trinajstić information content (AvgIpc) is 2.41. The number of anilines is 1. The quantitative estimate of drug-likeness (QED) is 0.828. The first-order valence-corrected chi connectivity index (χ1v) is 7.91. The highest BCUT2D eigenvalue weighted by molar-refractivity contribution is 5.85. The zero-order valence-electron chi connectivity index (χ0n) is 15.7. The zero-order chi connectivity index (χ0) is 18.0. The van der Waals surface area contributed by atoms with Crippen molar-refractivity contribution in [3.8, 4) is 11.8 Å². The third-order valence-electron chi connectivity index (χ3n) is 2.49. The molecule has 0 radical (unpaired) electrons. The van der Waals surface area contributed by atoms with Crippen LogP contribution in [0.5, 0.6) is 0 Å². The molecule has 0 saturated carbocycles. The Bertz CT molecular complexity index is 561. The minimum atomic E-state index is -0.503. The van der Waals surface area contributed by atoms with Crippen LogP contribution in [0.2, 0.25) is 0 Å². The lowest BCUT2D eigenvalue weighted by Crippen LogP contribution is -2.27. The monoisotopic (exact) mass is 318 g/mol. The third kappa shape index (κ3) is 9.59. The van der Waals surface area contributed by atoms with E-state index in [0.29, 0.717) is 5.69 Å². The molecule has 0 heterocycles. The fourth-order valence-electron chi connectivity index (χ4n) is 1.60. The summed E-state index contributed by atoms with van der Waals surface area (Å²) in [4.78, 5) is 13.7. The second-order valence-electron chi connectivity index (χ2n) is 6.20. The van der Waals surface area contributed by atoms with E-state index in [1.807, 2.05) is 78.7 Å². The number of rotatable bonds is 2.